The van der Waals surface area contributed by atoms with E-state index in [4.69, 9.17) is 4.74 Å². The molecule has 6 nitrogen and oxygen atoms in total. The summed E-state index contributed by atoms with van der Waals surface area (Å²) >= 11 is 0. The number of ether oxygens (including phenoxy) is 1. The van der Waals surface area contributed by atoms with Gasteiger partial charge in [-0.05, 0) is 32.9 Å². The van der Waals surface area contributed by atoms with Gasteiger partial charge in [0.05, 0.1) is 6.54 Å². The van der Waals surface area contributed by atoms with E-state index in [0.717, 1.165) is 31.7 Å². The maximum Gasteiger partial charge on any atom is 0.260 e. The Labute approximate surface area is 150 Å². The highest BCUT2D eigenvalue weighted by atomic mass is 16.5. The number of likely N-dealkylation sites (N-methyl/N-ethyl adjacent to an activating group) is 1. The second-order valence-corrected chi connectivity index (χ2v) is 6.32. The first-order valence-electron chi connectivity index (χ1n) is 9.00. The number of amides is 2. The van der Waals surface area contributed by atoms with Gasteiger partial charge in [-0.25, -0.2) is 0 Å². The molecular formula is C19H29N3O3. The minimum absolute atomic E-state index is 0.00436. The molecule has 2 amide bonds. The van der Waals surface area contributed by atoms with Crippen molar-refractivity contribution in [3.63, 3.8) is 0 Å². The lowest BCUT2D eigenvalue weighted by Crippen LogP contribution is -2.52. The normalized spacial score (nSPS) is 15.1. The van der Waals surface area contributed by atoms with E-state index in [1.54, 1.807) is 0 Å². The van der Waals surface area contributed by atoms with Crippen LogP contribution in [0.15, 0.2) is 24.3 Å². The third kappa shape index (κ3) is 5.74. The van der Waals surface area contributed by atoms with E-state index in [9.17, 15) is 9.59 Å². The summed E-state index contributed by atoms with van der Waals surface area (Å²) in [4.78, 5) is 30.2. The lowest BCUT2D eigenvalue weighted by Gasteiger charge is -2.35. The number of rotatable bonds is 7. The predicted octanol–water partition coefficient (Wildman–Crippen LogP) is 1.39. The molecule has 0 aliphatic carbocycles. The highest BCUT2D eigenvalue weighted by Crippen LogP contribution is 2.12. The quantitative estimate of drug-likeness (QED) is 0.748. The summed E-state index contributed by atoms with van der Waals surface area (Å²) in [7, 11) is 0. The second kappa shape index (κ2) is 9.42. The fourth-order valence-electron chi connectivity index (χ4n) is 2.89. The Morgan fingerprint density at radius 3 is 2.20 bits per heavy atom. The van der Waals surface area contributed by atoms with Crippen LogP contribution in [0.3, 0.4) is 0 Å². The number of nitrogens with zero attached hydrogens (tertiary/aromatic N) is 3. The van der Waals surface area contributed by atoms with Crippen molar-refractivity contribution in [1.82, 2.24) is 14.7 Å². The van der Waals surface area contributed by atoms with Crippen molar-refractivity contribution < 1.29 is 14.3 Å². The van der Waals surface area contributed by atoms with Gasteiger partial charge >= 0.3 is 0 Å². The summed E-state index contributed by atoms with van der Waals surface area (Å²) in [5.41, 5.74) is 1.16. The fourth-order valence-corrected chi connectivity index (χ4v) is 2.89. The largest absolute Gasteiger partial charge is 0.484 e. The molecule has 0 radical (unpaired) electrons. The third-order valence-electron chi connectivity index (χ3n) is 4.58. The van der Waals surface area contributed by atoms with Crippen LogP contribution in [0.25, 0.3) is 0 Å². The minimum atomic E-state index is -0.00436. The Morgan fingerprint density at radius 2 is 1.64 bits per heavy atom. The number of carbonyl (C=O) groups is 2. The van der Waals surface area contributed by atoms with Crippen LogP contribution in [0.1, 0.15) is 19.4 Å². The molecular weight excluding hydrogens is 318 g/mol. The van der Waals surface area contributed by atoms with Crippen molar-refractivity contribution in [2.24, 2.45) is 0 Å². The Kier molecular flexibility index (Phi) is 7.25. The third-order valence-corrected chi connectivity index (χ3v) is 4.58. The van der Waals surface area contributed by atoms with Crippen LogP contribution in [0.5, 0.6) is 5.75 Å². The van der Waals surface area contributed by atoms with Gasteiger partial charge < -0.3 is 14.5 Å². The van der Waals surface area contributed by atoms with Gasteiger partial charge in [0.25, 0.3) is 5.91 Å². The molecule has 1 aliphatic heterocycles. The maximum atomic E-state index is 12.3. The molecule has 0 atom stereocenters. The molecule has 0 bridgehead atoms. The molecule has 1 heterocycles. The molecule has 0 saturated carbocycles. The van der Waals surface area contributed by atoms with Crippen LogP contribution in [0, 0.1) is 6.92 Å². The highest BCUT2D eigenvalue weighted by Gasteiger charge is 2.23. The number of hydrogen-bond acceptors (Lipinski definition) is 4. The first-order chi connectivity index (χ1) is 12.0. The zero-order chi connectivity index (χ0) is 18.2. The molecule has 1 aromatic rings. The molecule has 2 rings (SSSR count). The minimum Gasteiger partial charge on any atom is -0.484 e. The highest BCUT2D eigenvalue weighted by molar-refractivity contribution is 5.79. The Bertz CT molecular complexity index is 562. The average molecular weight is 347 g/mol. The molecule has 138 valence electrons. The monoisotopic (exact) mass is 347 g/mol. The van der Waals surface area contributed by atoms with E-state index in [0.29, 0.717) is 25.4 Å². The molecule has 0 N–H and O–H groups in total. The predicted molar refractivity (Wildman–Crippen MR) is 97.6 cm³/mol. The zero-order valence-corrected chi connectivity index (χ0v) is 15.5. The molecule has 6 heteroatoms. The molecule has 1 fully saturated rings. The molecule has 1 aromatic carbocycles. The first-order valence-corrected chi connectivity index (χ1v) is 9.00. The van der Waals surface area contributed by atoms with Crippen molar-refractivity contribution in [2.45, 2.75) is 20.8 Å². The molecule has 1 aliphatic rings. The number of carbonyl (C=O) groups excluding carboxylic acids is 2. The number of hydrogen-bond donors (Lipinski definition) is 0. The van der Waals surface area contributed by atoms with Crippen LogP contribution in [0.4, 0.5) is 0 Å². The Morgan fingerprint density at radius 1 is 1.04 bits per heavy atom. The summed E-state index contributed by atoms with van der Waals surface area (Å²) in [5, 5.41) is 0. The SMILES string of the molecule is CCN(CC)C(=O)CN1CCN(C(=O)COc2ccc(C)cc2)CC1. The Balaban J connectivity index is 1.72. The van der Waals surface area contributed by atoms with Gasteiger partial charge in [-0.1, -0.05) is 17.7 Å². The standard InChI is InChI=1S/C19H29N3O3/c1-4-21(5-2)18(23)14-20-10-12-22(13-11-20)19(24)15-25-17-8-6-16(3)7-9-17/h6-9H,4-5,10-15H2,1-3H3. The molecule has 0 spiro atoms. The molecule has 0 unspecified atom stereocenters. The fraction of sp³-hybridized carbons (Fsp3) is 0.579. The van der Waals surface area contributed by atoms with Gasteiger partial charge in [-0.3, -0.25) is 14.5 Å². The summed E-state index contributed by atoms with van der Waals surface area (Å²) in [6, 6.07) is 7.68. The van der Waals surface area contributed by atoms with E-state index in [2.05, 4.69) is 4.90 Å². The van der Waals surface area contributed by atoms with Crippen LogP contribution < -0.4 is 4.74 Å². The van der Waals surface area contributed by atoms with E-state index >= 15 is 0 Å². The van der Waals surface area contributed by atoms with Crippen LogP contribution >= 0.6 is 0 Å². The Hall–Kier alpha value is -2.08. The lowest BCUT2D eigenvalue weighted by molar-refractivity contribution is -0.136. The number of benzene rings is 1. The van der Waals surface area contributed by atoms with Gasteiger partial charge in [-0.15, -0.1) is 0 Å². The molecule has 1 saturated heterocycles. The van der Waals surface area contributed by atoms with E-state index in [1.165, 1.54) is 0 Å². The smallest absolute Gasteiger partial charge is 0.260 e. The van der Waals surface area contributed by atoms with Crippen LogP contribution in [0.2, 0.25) is 0 Å². The van der Waals surface area contributed by atoms with Crippen LogP contribution in [-0.2, 0) is 9.59 Å². The second-order valence-electron chi connectivity index (χ2n) is 6.32. The van der Waals surface area contributed by atoms with Crippen molar-refractivity contribution in [3.8, 4) is 5.75 Å². The van der Waals surface area contributed by atoms with Crippen molar-refractivity contribution in [3.05, 3.63) is 29.8 Å². The molecule has 0 aromatic heterocycles. The van der Waals surface area contributed by atoms with E-state index < -0.39 is 0 Å². The summed E-state index contributed by atoms with van der Waals surface area (Å²) in [6.45, 7) is 10.7. The van der Waals surface area contributed by atoms with Crippen molar-refractivity contribution >= 4 is 11.8 Å². The summed E-state index contributed by atoms with van der Waals surface area (Å²) in [5.74, 6) is 0.866. The van der Waals surface area contributed by atoms with Crippen molar-refractivity contribution in [1.29, 1.82) is 0 Å². The van der Waals surface area contributed by atoms with Gasteiger partial charge in [0.15, 0.2) is 6.61 Å². The van der Waals surface area contributed by atoms with Gasteiger partial charge in [0.2, 0.25) is 5.91 Å². The molecule has 25 heavy (non-hydrogen) atoms. The van der Waals surface area contributed by atoms with Gasteiger partial charge in [-0.2, -0.15) is 0 Å². The van der Waals surface area contributed by atoms with E-state index in [-0.39, 0.29) is 18.4 Å². The first kappa shape index (κ1) is 19.2. The number of piperazine rings is 1. The lowest BCUT2D eigenvalue weighted by atomic mass is 10.2. The zero-order valence-electron chi connectivity index (χ0n) is 15.5. The topological polar surface area (TPSA) is 53.1 Å². The van der Waals surface area contributed by atoms with Crippen molar-refractivity contribution in [2.75, 3.05) is 52.4 Å². The summed E-state index contributed by atoms with van der Waals surface area (Å²) in [6.07, 6.45) is 0. The van der Waals surface area contributed by atoms with E-state index in [1.807, 2.05) is 54.8 Å². The maximum absolute atomic E-state index is 12.3. The van der Waals surface area contributed by atoms with Gasteiger partial charge in [0, 0.05) is 39.3 Å². The average Bonchev–Trinajstić information content (AvgIpc) is 2.62. The van der Waals surface area contributed by atoms with Gasteiger partial charge in [0.1, 0.15) is 5.75 Å². The number of aryl methyl sites for hydroxylation is 1. The summed E-state index contributed by atoms with van der Waals surface area (Å²) < 4.78 is 5.56. The van der Waals surface area contributed by atoms with Crippen LogP contribution in [-0.4, -0.2) is 78.9 Å².